The molecule has 88 valence electrons. The van der Waals surface area contributed by atoms with Crippen molar-refractivity contribution in [3.05, 3.63) is 23.9 Å². The quantitative estimate of drug-likeness (QED) is 0.791. The van der Waals surface area contributed by atoms with Gasteiger partial charge in [-0.25, -0.2) is 4.98 Å². The molecule has 0 aromatic carbocycles. The van der Waals surface area contributed by atoms with E-state index in [1.807, 2.05) is 19.1 Å². The lowest BCUT2D eigenvalue weighted by molar-refractivity contribution is -0.118. The van der Waals surface area contributed by atoms with Crippen LogP contribution in [0.1, 0.15) is 25.3 Å². The summed E-state index contributed by atoms with van der Waals surface area (Å²) in [6.07, 6.45) is 3.00. The summed E-state index contributed by atoms with van der Waals surface area (Å²) in [6, 6.07) is 3.97. The zero-order chi connectivity index (χ0) is 12.0. The Morgan fingerprint density at radius 2 is 2.31 bits per heavy atom. The number of rotatable bonds is 6. The summed E-state index contributed by atoms with van der Waals surface area (Å²) in [7, 11) is 0. The first-order valence-electron chi connectivity index (χ1n) is 5.60. The third kappa shape index (κ3) is 3.53. The molecule has 0 aliphatic rings. The first kappa shape index (κ1) is 12.5. The monoisotopic (exact) mass is 221 g/mol. The highest BCUT2D eigenvalue weighted by Gasteiger charge is 2.08. The van der Waals surface area contributed by atoms with E-state index in [1.165, 1.54) is 0 Å². The molecule has 0 radical (unpaired) electrons. The average molecular weight is 221 g/mol. The van der Waals surface area contributed by atoms with Gasteiger partial charge in [-0.2, -0.15) is 0 Å². The lowest BCUT2D eigenvalue weighted by atomic mass is 10.2. The first-order valence-corrected chi connectivity index (χ1v) is 5.60. The Balaban J connectivity index is 2.60. The minimum atomic E-state index is -0.242. The van der Waals surface area contributed by atoms with Crippen LogP contribution in [-0.2, 0) is 4.79 Å². The van der Waals surface area contributed by atoms with Crippen LogP contribution in [0.4, 0.5) is 5.82 Å². The van der Waals surface area contributed by atoms with E-state index in [2.05, 4.69) is 16.8 Å². The summed E-state index contributed by atoms with van der Waals surface area (Å²) in [5.41, 5.74) is 6.27. The number of nitrogens with two attached hydrogens (primary N) is 1. The molecule has 0 spiro atoms. The molecule has 2 N–H and O–H groups in total. The normalized spacial score (nSPS) is 10.1. The lowest BCUT2D eigenvalue weighted by Crippen LogP contribution is -2.26. The van der Waals surface area contributed by atoms with Crippen molar-refractivity contribution in [1.82, 2.24) is 4.98 Å². The molecule has 0 bridgehead atoms. The Bertz CT molecular complexity index is 352. The second-order valence-electron chi connectivity index (χ2n) is 3.79. The third-order valence-electron chi connectivity index (χ3n) is 2.51. The first-order chi connectivity index (χ1) is 7.65. The van der Waals surface area contributed by atoms with Gasteiger partial charge in [0.2, 0.25) is 5.91 Å². The summed E-state index contributed by atoms with van der Waals surface area (Å²) in [6.45, 7) is 5.82. The molecule has 1 aromatic heterocycles. The summed E-state index contributed by atoms with van der Waals surface area (Å²) in [5.74, 6) is 0.753. The molecule has 1 aromatic rings. The number of hydrogen-bond donors (Lipinski definition) is 1. The van der Waals surface area contributed by atoms with Crippen molar-refractivity contribution in [2.75, 3.05) is 18.0 Å². The maximum Gasteiger partial charge on any atom is 0.217 e. The Morgan fingerprint density at radius 3 is 2.88 bits per heavy atom. The molecule has 0 fully saturated rings. The number of carbonyl (C=O) groups excluding carboxylic acids is 1. The predicted molar refractivity (Wildman–Crippen MR) is 65.3 cm³/mol. The van der Waals surface area contributed by atoms with Crippen LogP contribution in [0.2, 0.25) is 0 Å². The fourth-order valence-corrected chi connectivity index (χ4v) is 1.67. The molecule has 4 nitrogen and oxygen atoms in total. The topological polar surface area (TPSA) is 59.2 Å². The van der Waals surface area contributed by atoms with Crippen LogP contribution >= 0.6 is 0 Å². The highest BCUT2D eigenvalue weighted by atomic mass is 16.1. The van der Waals surface area contributed by atoms with Gasteiger partial charge in [0.15, 0.2) is 0 Å². The molecule has 1 heterocycles. The molecule has 0 saturated carbocycles. The number of anilines is 1. The molecule has 0 atom stereocenters. The Kier molecular flexibility index (Phi) is 4.76. The number of primary amides is 1. The number of pyridine rings is 1. The fraction of sp³-hybridized carbons (Fsp3) is 0.500. The van der Waals surface area contributed by atoms with Gasteiger partial charge in [0.25, 0.3) is 0 Å². The van der Waals surface area contributed by atoms with E-state index in [1.54, 1.807) is 6.20 Å². The SMILES string of the molecule is CCN(CCCC(N)=O)c1ncccc1C. The standard InChI is InChI=1S/C12H19N3O/c1-3-15(9-5-7-11(13)16)12-10(2)6-4-8-14-12/h4,6,8H,3,5,7,9H2,1-2H3,(H2,13,16). The van der Waals surface area contributed by atoms with Crippen LogP contribution < -0.4 is 10.6 Å². The van der Waals surface area contributed by atoms with Gasteiger partial charge in [-0.1, -0.05) is 6.07 Å². The van der Waals surface area contributed by atoms with Gasteiger partial charge in [0, 0.05) is 25.7 Å². The number of carbonyl (C=O) groups is 1. The highest BCUT2D eigenvalue weighted by Crippen LogP contribution is 2.15. The van der Waals surface area contributed by atoms with Gasteiger partial charge in [0.1, 0.15) is 5.82 Å². The molecular formula is C12H19N3O. The van der Waals surface area contributed by atoms with Crippen molar-refractivity contribution in [1.29, 1.82) is 0 Å². The average Bonchev–Trinajstić information content (AvgIpc) is 2.25. The molecule has 1 amide bonds. The third-order valence-corrected chi connectivity index (χ3v) is 2.51. The maximum absolute atomic E-state index is 10.7. The van der Waals surface area contributed by atoms with Gasteiger partial charge in [-0.15, -0.1) is 0 Å². The summed E-state index contributed by atoms with van der Waals surface area (Å²) in [4.78, 5) is 17.2. The van der Waals surface area contributed by atoms with Crippen LogP contribution in [0.25, 0.3) is 0 Å². The molecule has 1 rings (SSSR count). The van der Waals surface area contributed by atoms with Gasteiger partial charge < -0.3 is 10.6 Å². The van der Waals surface area contributed by atoms with Gasteiger partial charge >= 0.3 is 0 Å². The number of hydrogen-bond acceptors (Lipinski definition) is 3. The molecule has 0 saturated heterocycles. The van der Waals surface area contributed by atoms with Crippen molar-refractivity contribution in [3.8, 4) is 0 Å². The van der Waals surface area contributed by atoms with E-state index in [-0.39, 0.29) is 5.91 Å². The van der Waals surface area contributed by atoms with Crippen LogP contribution in [0.5, 0.6) is 0 Å². The van der Waals surface area contributed by atoms with Crippen molar-refractivity contribution in [2.45, 2.75) is 26.7 Å². The van der Waals surface area contributed by atoms with Crippen LogP contribution in [-0.4, -0.2) is 24.0 Å². The van der Waals surface area contributed by atoms with E-state index in [4.69, 9.17) is 5.73 Å². The molecular weight excluding hydrogens is 202 g/mol. The van der Waals surface area contributed by atoms with Crippen molar-refractivity contribution < 1.29 is 4.79 Å². The van der Waals surface area contributed by atoms with Gasteiger partial charge in [-0.05, 0) is 31.9 Å². The minimum Gasteiger partial charge on any atom is -0.370 e. The van der Waals surface area contributed by atoms with E-state index in [0.717, 1.165) is 30.9 Å². The van der Waals surface area contributed by atoms with Crippen LogP contribution in [0, 0.1) is 6.92 Å². The zero-order valence-corrected chi connectivity index (χ0v) is 9.94. The molecule has 0 unspecified atom stereocenters. The molecule has 4 heteroatoms. The predicted octanol–water partition coefficient (Wildman–Crippen LogP) is 1.48. The zero-order valence-electron chi connectivity index (χ0n) is 9.94. The van der Waals surface area contributed by atoms with E-state index in [9.17, 15) is 4.79 Å². The van der Waals surface area contributed by atoms with E-state index >= 15 is 0 Å². The van der Waals surface area contributed by atoms with Crippen LogP contribution in [0.3, 0.4) is 0 Å². The van der Waals surface area contributed by atoms with Crippen molar-refractivity contribution in [2.24, 2.45) is 5.73 Å². The van der Waals surface area contributed by atoms with Gasteiger partial charge in [-0.3, -0.25) is 4.79 Å². The van der Waals surface area contributed by atoms with E-state index < -0.39 is 0 Å². The van der Waals surface area contributed by atoms with E-state index in [0.29, 0.717) is 6.42 Å². The number of aryl methyl sites for hydroxylation is 1. The number of nitrogens with zero attached hydrogens (tertiary/aromatic N) is 2. The molecule has 16 heavy (non-hydrogen) atoms. The smallest absolute Gasteiger partial charge is 0.217 e. The summed E-state index contributed by atoms with van der Waals surface area (Å²) < 4.78 is 0. The Hall–Kier alpha value is -1.58. The summed E-state index contributed by atoms with van der Waals surface area (Å²) >= 11 is 0. The van der Waals surface area contributed by atoms with Crippen LogP contribution in [0.15, 0.2) is 18.3 Å². The summed E-state index contributed by atoms with van der Waals surface area (Å²) in [5, 5.41) is 0. The Morgan fingerprint density at radius 1 is 1.56 bits per heavy atom. The molecule has 0 aliphatic carbocycles. The minimum absolute atomic E-state index is 0.242. The highest BCUT2D eigenvalue weighted by molar-refractivity contribution is 5.73. The second-order valence-corrected chi connectivity index (χ2v) is 3.79. The van der Waals surface area contributed by atoms with Crippen molar-refractivity contribution in [3.63, 3.8) is 0 Å². The van der Waals surface area contributed by atoms with Crippen molar-refractivity contribution >= 4 is 11.7 Å². The van der Waals surface area contributed by atoms with Gasteiger partial charge in [0.05, 0.1) is 0 Å². The fourth-order valence-electron chi connectivity index (χ4n) is 1.67. The maximum atomic E-state index is 10.7. The number of aromatic nitrogens is 1. The lowest BCUT2D eigenvalue weighted by Gasteiger charge is -2.23. The second kappa shape index (κ2) is 6.10. The number of amides is 1. The Labute approximate surface area is 96.5 Å². The molecule has 0 aliphatic heterocycles. The largest absolute Gasteiger partial charge is 0.370 e.